The molecule has 0 amide bonds. The molecule has 1 unspecified atom stereocenters. The van der Waals surface area contributed by atoms with Crippen LogP contribution in [0.5, 0.6) is 0 Å². The number of aromatic amines is 1. The van der Waals surface area contributed by atoms with Crippen molar-refractivity contribution in [2.75, 3.05) is 28.7 Å². The summed E-state index contributed by atoms with van der Waals surface area (Å²) in [4.78, 5) is 7.63. The number of anilines is 2. The summed E-state index contributed by atoms with van der Waals surface area (Å²) in [6, 6.07) is 8.05. The van der Waals surface area contributed by atoms with Crippen LogP contribution < -0.4 is 10.6 Å². The van der Waals surface area contributed by atoms with Gasteiger partial charge in [0.25, 0.3) is 0 Å². The maximum atomic E-state index is 11.5. The second kappa shape index (κ2) is 6.91. The Kier molecular flexibility index (Phi) is 4.46. The van der Waals surface area contributed by atoms with Crippen LogP contribution in [0.4, 0.5) is 11.8 Å². The van der Waals surface area contributed by atoms with Gasteiger partial charge in [-0.2, -0.15) is 10.1 Å². The van der Waals surface area contributed by atoms with Gasteiger partial charge in [0.1, 0.15) is 0 Å². The molecule has 9 heteroatoms. The Hall–Kier alpha value is -2.68. The number of hydrogen-bond acceptors (Lipinski definition) is 7. The van der Waals surface area contributed by atoms with Crippen LogP contribution in [0.2, 0.25) is 0 Å². The molecule has 0 spiro atoms. The van der Waals surface area contributed by atoms with E-state index in [2.05, 4.69) is 42.9 Å². The Morgan fingerprint density at radius 3 is 3.00 bits per heavy atom. The topological polar surface area (TPSA) is 113 Å². The molecule has 0 saturated carbocycles. The van der Waals surface area contributed by atoms with Crippen LogP contribution in [0.15, 0.2) is 36.7 Å². The summed E-state index contributed by atoms with van der Waals surface area (Å²) in [5.74, 6) is 1.29. The fourth-order valence-electron chi connectivity index (χ4n) is 3.20. The van der Waals surface area contributed by atoms with Gasteiger partial charge >= 0.3 is 0 Å². The lowest BCUT2D eigenvalue weighted by atomic mass is 10.1. The summed E-state index contributed by atoms with van der Waals surface area (Å²) in [5, 5.41) is 15.4. The zero-order valence-electron chi connectivity index (χ0n) is 14.1. The summed E-state index contributed by atoms with van der Waals surface area (Å²) in [7, 11) is -2.94. The molecule has 1 aliphatic heterocycles. The molecular formula is C17H20N6O2S. The molecule has 1 fully saturated rings. The van der Waals surface area contributed by atoms with Crippen LogP contribution in [-0.2, 0) is 16.3 Å². The van der Waals surface area contributed by atoms with Crippen molar-refractivity contribution >= 4 is 32.5 Å². The molecule has 3 heterocycles. The van der Waals surface area contributed by atoms with Crippen LogP contribution in [-0.4, -0.2) is 52.7 Å². The molecule has 0 aliphatic carbocycles. The van der Waals surface area contributed by atoms with Crippen molar-refractivity contribution in [3.63, 3.8) is 0 Å². The van der Waals surface area contributed by atoms with Gasteiger partial charge in [-0.15, -0.1) is 5.10 Å². The lowest BCUT2D eigenvalue weighted by molar-refractivity contribution is 0.602. The number of para-hydroxylation sites is 1. The molecule has 1 saturated heterocycles. The zero-order valence-corrected chi connectivity index (χ0v) is 15.0. The van der Waals surface area contributed by atoms with Crippen LogP contribution in [0.25, 0.3) is 10.9 Å². The minimum Gasteiger partial charge on any atom is -0.368 e. The molecule has 0 bridgehead atoms. The van der Waals surface area contributed by atoms with E-state index in [1.54, 1.807) is 6.20 Å². The molecular weight excluding hydrogens is 352 g/mol. The standard InChI is InChI=1S/C17H20N6O2S/c24-26(25)8-6-13(11-26)21-17-22-16(10-20-23-17)18-7-5-12-9-19-15-4-2-1-3-14(12)15/h1-4,9-10,13,19H,5-8,11H2,(H2,18,21,22,23). The number of sulfone groups is 1. The first-order valence-corrected chi connectivity index (χ1v) is 10.4. The molecule has 3 aromatic rings. The van der Waals surface area contributed by atoms with E-state index >= 15 is 0 Å². The van der Waals surface area contributed by atoms with Crippen LogP contribution in [0.3, 0.4) is 0 Å². The predicted molar refractivity (Wildman–Crippen MR) is 101 cm³/mol. The fourth-order valence-corrected chi connectivity index (χ4v) is 4.88. The number of rotatable bonds is 6. The van der Waals surface area contributed by atoms with Gasteiger partial charge in [-0.1, -0.05) is 18.2 Å². The minimum atomic E-state index is -2.94. The number of hydrogen-bond donors (Lipinski definition) is 3. The van der Waals surface area contributed by atoms with Gasteiger partial charge in [0.05, 0.1) is 17.7 Å². The third kappa shape index (κ3) is 3.77. The summed E-state index contributed by atoms with van der Waals surface area (Å²) >= 11 is 0. The van der Waals surface area contributed by atoms with Crippen molar-refractivity contribution in [1.82, 2.24) is 20.2 Å². The first-order chi connectivity index (χ1) is 12.6. The Morgan fingerprint density at radius 2 is 2.15 bits per heavy atom. The van der Waals surface area contributed by atoms with E-state index in [4.69, 9.17) is 0 Å². The van der Waals surface area contributed by atoms with Gasteiger partial charge < -0.3 is 15.6 Å². The molecule has 1 atom stereocenters. The summed E-state index contributed by atoms with van der Waals surface area (Å²) < 4.78 is 23.1. The maximum absolute atomic E-state index is 11.5. The van der Waals surface area contributed by atoms with Gasteiger partial charge in [-0.05, 0) is 24.5 Å². The van der Waals surface area contributed by atoms with Crippen molar-refractivity contribution < 1.29 is 8.42 Å². The fraction of sp³-hybridized carbons (Fsp3) is 0.353. The number of H-pyrrole nitrogens is 1. The van der Waals surface area contributed by atoms with E-state index in [1.165, 1.54) is 10.9 Å². The number of benzene rings is 1. The number of nitrogens with one attached hydrogen (secondary N) is 3. The van der Waals surface area contributed by atoms with Crippen LogP contribution in [0.1, 0.15) is 12.0 Å². The van der Waals surface area contributed by atoms with E-state index in [-0.39, 0.29) is 17.5 Å². The molecule has 3 N–H and O–H groups in total. The predicted octanol–water partition coefficient (Wildman–Crippen LogP) is 1.61. The second-order valence-corrected chi connectivity index (χ2v) is 8.67. The number of aromatic nitrogens is 4. The molecule has 136 valence electrons. The summed E-state index contributed by atoms with van der Waals surface area (Å²) in [6.07, 6.45) is 5.01. The summed E-state index contributed by atoms with van der Waals surface area (Å²) in [5.41, 5.74) is 2.37. The normalized spacial score (nSPS) is 18.8. The van der Waals surface area contributed by atoms with Crippen molar-refractivity contribution in [3.05, 3.63) is 42.2 Å². The molecule has 2 aromatic heterocycles. The number of nitrogens with zero attached hydrogens (tertiary/aromatic N) is 3. The van der Waals surface area contributed by atoms with Gasteiger partial charge in [0.2, 0.25) is 5.95 Å². The van der Waals surface area contributed by atoms with E-state index in [1.807, 2.05) is 18.3 Å². The molecule has 8 nitrogen and oxygen atoms in total. The van der Waals surface area contributed by atoms with E-state index in [9.17, 15) is 8.42 Å². The zero-order chi connectivity index (χ0) is 18.0. The quantitative estimate of drug-likeness (QED) is 0.602. The molecule has 26 heavy (non-hydrogen) atoms. The highest BCUT2D eigenvalue weighted by molar-refractivity contribution is 7.91. The van der Waals surface area contributed by atoms with E-state index in [0.29, 0.717) is 24.7 Å². The minimum absolute atomic E-state index is 0.120. The SMILES string of the molecule is O=S1(=O)CCC(Nc2nncc(NCCc3c[nH]c4ccccc34)n2)C1. The Balaban J connectivity index is 1.35. The highest BCUT2D eigenvalue weighted by atomic mass is 32.2. The monoisotopic (exact) mass is 372 g/mol. The van der Waals surface area contributed by atoms with Crippen LogP contribution >= 0.6 is 0 Å². The molecule has 0 radical (unpaired) electrons. The van der Waals surface area contributed by atoms with Crippen molar-refractivity contribution in [2.45, 2.75) is 18.9 Å². The average molecular weight is 372 g/mol. The Labute approximate surface area is 151 Å². The van der Waals surface area contributed by atoms with Gasteiger partial charge in [0, 0.05) is 29.7 Å². The highest BCUT2D eigenvalue weighted by Crippen LogP contribution is 2.18. The third-order valence-corrected chi connectivity index (χ3v) is 6.27. The second-order valence-electron chi connectivity index (χ2n) is 6.45. The molecule has 4 rings (SSSR count). The van der Waals surface area contributed by atoms with Crippen molar-refractivity contribution in [3.8, 4) is 0 Å². The third-order valence-electron chi connectivity index (χ3n) is 4.50. The Bertz CT molecular complexity index is 1020. The first kappa shape index (κ1) is 16.8. The van der Waals surface area contributed by atoms with Crippen LogP contribution in [0, 0.1) is 0 Å². The highest BCUT2D eigenvalue weighted by Gasteiger charge is 2.28. The molecule has 1 aliphatic rings. The lowest BCUT2D eigenvalue weighted by Crippen LogP contribution is -2.22. The Morgan fingerprint density at radius 1 is 1.27 bits per heavy atom. The first-order valence-electron chi connectivity index (χ1n) is 8.55. The van der Waals surface area contributed by atoms with Gasteiger partial charge in [-0.25, -0.2) is 8.42 Å². The van der Waals surface area contributed by atoms with Crippen molar-refractivity contribution in [2.24, 2.45) is 0 Å². The number of fused-ring (bicyclic) bond motifs is 1. The average Bonchev–Trinajstić information content (AvgIpc) is 3.18. The van der Waals surface area contributed by atoms with E-state index in [0.717, 1.165) is 11.9 Å². The smallest absolute Gasteiger partial charge is 0.244 e. The largest absolute Gasteiger partial charge is 0.368 e. The maximum Gasteiger partial charge on any atom is 0.244 e. The summed E-state index contributed by atoms with van der Waals surface area (Å²) in [6.45, 7) is 0.706. The van der Waals surface area contributed by atoms with Crippen molar-refractivity contribution in [1.29, 1.82) is 0 Å². The lowest BCUT2D eigenvalue weighted by Gasteiger charge is -2.11. The van der Waals surface area contributed by atoms with Gasteiger partial charge in [0.15, 0.2) is 15.7 Å². The van der Waals surface area contributed by atoms with Gasteiger partial charge in [-0.3, -0.25) is 0 Å². The molecule has 1 aromatic carbocycles. The van der Waals surface area contributed by atoms with E-state index < -0.39 is 9.84 Å².